The molecule has 1 N–H and O–H groups in total. The average Bonchev–Trinajstić information content (AvgIpc) is 2.81. The Bertz CT molecular complexity index is 1440. The lowest BCUT2D eigenvalue weighted by molar-refractivity contribution is -0.118. The van der Waals surface area contributed by atoms with Crippen molar-refractivity contribution in [2.45, 2.75) is 11.6 Å². The number of benzene rings is 3. The van der Waals surface area contributed by atoms with Crippen molar-refractivity contribution >= 4 is 75.0 Å². The van der Waals surface area contributed by atoms with Crippen molar-refractivity contribution in [3.05, 3.63) is 96.7 Å². The third kappa shape index (κ3) is 5.70. The van der Waals surface area contributed by atoms with Gasteiger partial charge in [-0.05, 0) is 54.4 Å². The van der Waals surface area contributed by atoms with Gasteiger partial charge in [0.1, 0.15) is 0 Å². The SMILES string of the molecule is O=C(CSc1nc2ccccc2c(=O)n1-c1ccc(Cl)c(Cl)c1)NCCc1ccc(Cl)cc1Cl. The van der Waals surface area contributed by atoms with Crippen LogP contribution < -0.4 is 10.9 Å². The van der Waals surface area contributed by atoms with Gasteiger partial charge in [0, 0.05) is 16.6 Å². The van der Waals surface area contributed by atoms with E-state index in [0.717, 1.165) is 17.3 Å². The Kier molecular flexibility index (Phi) is 8.06. The molecule has 0 aliphatic carbocycles. The maximum absolute atomic E-state index is 13.3. The van der Waals surface area contributed by atoms with Gasteiger partial charge in [0.15, 0.2) is 5.16 Å². The number of nitrogens with zero attached hydrogens (tertiary/aromatic N) is 2. The molecule has 1 aromatic heterocycles. The summed E-state index contributed by atoms with van der Waals surface area (Å²) in [7, 11) is 0. The van der Waals surface area contributed by atoms with Gasteiger partial charge < -0.3 is 5.32 Å². The zero-order valence-corrected chi connectivity index (χ0v) is 21.4. The van der Waals surface area contributed by atoms with Crippen molar-refractivity contribution in [3.8, 4) is 5.69 Å². The van der Waals surface area contributed by atoms with Crippen LogP contribution in [0.15, 0.2) is 70.6 Å². The topological polar surface area (TPSA) is 64.0 Å². The molecule has 0 saturated carbocycles. The lowest BCUT2D eigenvalue weighted by Crippen LogP contribution is -2.28. The van der Waals surface area contributed by atoms with Crippen molar-refractivity contribution in [2.75, 3.05) is 12.3 Å². The van der Waals surface area contributed by atoms with Crippen LogP contribution in [0.1, 0.15) is 5.56 Å². The molecule has 0 spiro atoms. The van der Waals surface area contributed by atoms with Crippen LogP contribution >= 0.6 is 58.2 Å². The summed E-state index contributed by atoms with van der Waals surface area (Å²) in [6.45, 7) is 0.408. The fraction of sp³-hybridized carbons (Fsp3) is 0.125. The summed E-state index contributed by atoms with van der Waals surface area (Å²) in [5, 5.41) is 5.51. The first-order chi connectivity index (χ1) is 16.3. The van der Waals surface area contributed by atoms with E-state index in [2.05, 4.69) is 10.3 Å². The molecule has 10 heteroatoms. The molecular weight excluding hydrogens is 536 g/mol. The third-order valence-corrected chi connectivity index (χ3v) is 7.23. The number of thioether (sulfide) groups is 1. The van der Waals surface area contributed by atoms with E-state index >= 15 is 0 Å². The highest BCUT2D eigenvalue weighted by molar-refractivity contribution is 7.99. The number of halogens is 4. The Morgan fingerprint density at radius 2 is 1.74 bits per heavy atom. The van der Waals surface area contributed by atoms with E-state index in [1.54, 1.807) is 54.6 Å². The molecular formula is C24H17Cl4N3O2S. The maximum atomic E-state index is 13.3. The lowest BCUT2D eigenvalue weighted by atomic mass is 10.1. The predicted molar refractivity (Wildman–Crippen MR) is 141 cm³/mol. The van der Waals surface area contributed by atoms with Crippen LogP contribution in [0.4, 0.5) is 0 Å². The molecule has 0 aliphatic heterocycles. The first kappa shape index (κ1) is 24.9. The number of nitrogens with one attached hydrogen (secondary N) is 1. The number of amides is 1. The fourth-order valence-corrected chi connectivity index (χ4v) is 4.94. The average molecular weight is 553 g/mol. The summed E-state index contributed by atoms with van der Waals surface area (Å²) >= 11 is 25.5. The number of hydrogen-bond donors (Lipinski definition) is 1. The minimum atomic E-state index is -0.260. The van der Waals surface area contributed by atoms with Gasteiger partial charge in [0.05, 0.1) is 32.4 Å². The van der Waals surface area contributed by atoms with Crippen molar-refractivity contribution in [2.24, 2.45) is 0 Å². The highest BCUT2D eigenvalue weighted by Gasteiger charge is 2.16. The quantitative estimate of drug-likeness (QED) is 0.211. The molecule has 0 radical (unpaired) electrons. The molecule has 0 atom stereocenters. The van der Waals surface area contributed by atoms with Gasteiger partial charge in [0.25, 0.3) is 5.56 Å². The minimum absolute atomic E-state index is 0.0699. The van der Waals surface area contributed by atoms with Crippen molar-refractivity contribution in [1.29, 1.82) is 0 Å². The normalized spacial score (nSPS) is 11.1. The van der Waals surface area contributed by atoms with Crippen molar-refractivity contribution in [3.63, 3.8) is 0 Å². The highest BCUT2D eigenvalue weighted by Crippen LogP contribution is 2.27. The Labute approximate surface area is 220 Å². The minimum Gasteiger partial charge on any atom is -0.355 e. The molecule has 5 nitrogen and oxygen atoms in total. The van der Waals surface area contributed by atoms with Gasteiger partial charge in [-0.15, -0.1) is 0 Å². The second-order valence-corrected chi connectivity index (χ2v) is 9.88. The molecule has 1 heterocycles. The molecule has 3 aromatic carbocycles. The number of para-hydroxylation sites is 1. The number of rotatable bonds is 7. The fourth-order valence-electron chi connectivity index (χ4n) is 3.30. The Balaban J connectivity index is 1.53. The van der Waals surface area contributed by atoms with E-state index in [0.29, 0.717) is 54.8 Å². The summed E-state index contributed by atoms with van der Waals surface area (Å²) in [4.78, 5) is 30.4. The van der Waals surface area contributed by atoms with Gasteiger partial charge in [0.2, 0.25) is 5.91 Å². The second kappa shape index (κ2) is 11.0. The zero-order valence-electron chi connectivity index (χ0n) is 17.5. The lowest BCUT2D eigenvalue weighted by Gasteiger charge is -2.14. The monoisotopic (exact) mass is 551 g/mol. The highest BCUT2D eigenvalue weighted by atomic mass is 35.5. The predicted octanol–water partition coefficient (Wildman–Crippen LogP) is 6.45. The molecule has 0 aliphatic rings. The summed E-state index contributed by atoms with van der Waals surface area (Å²) in [5.41, 5.74) is 1.69. The number of fused-ring (bicyclic) bond motifs is 1. The molecule has 0 bridgehead atoms. The first-order valence-electron chi connectivity index (χ1n) is 10.1. The van der Waals surface area contributed by atoms with Crippen molar-refractivity contribution < 1.29 is 4.79 Å². The van der Waals surface area contributed by atoms with Gasteiger partial charge in [-0.1, -0.05) is 76.4 Å². The molecule has 4 aromatic rings. The largest absolute Gasteiger partial charge is 0.355 e. The van der Waals surface area contributed by atoms with E-state index in [9.17, 15) is 9.59 Å². The number of carbonyl (C=O) groups is 1. The first-order valence-corrected chi connectivity index (χ1v) is 12.6. The van der Waals surface area contributed by atoms with Crippen molar-refractivity contribution in [1.82, 2.24) is 14.9 Å². The van der Waals surface area contributed by atoms with Crippen LogP contribution in [0.5, 0.6) is 0 Å². The zero-order chi connectivity index (χ0) is 24.2. The van der Waals surface area contributed by atoms with Crippen LogP contribution in [0, 0.1) is 0 Å². The van der Waals surface area contributed by atoms with Gasteiger partial charge in [-0.3, -0.25) is 14.2 Å². The van der Waals surface area contributed by atoms with E-state index in [1.807, 2.05) is 6.07 Å². The molecule has 0 unspecified atom stereocenters. The summed E-state index contributed by atoms with van der Waals surface area (Å²) in [6, 6.07) is 17.2. The molecule has 174 valence electrons. The standard InChI is InChI=1S/C24H17Cl4N3O2S/c25-15-6-5-14(19(27)11-15)9-10-29-22(32)13-34-24-30-21-4-2-1-3-17(21)23(33)31(24)16-7-8-18(26)20(28)12-16/h1-8,11-12H,9-10,13H2,(H,29,32). The maximum Gasteiger partial charge on any atom is 0.266 e. The summed E-state index contributed by atoms with van der Waals surface area (Å²) < 4.78 is 1.44. The molecule has 34 heavy (non-hydrogen) atoms. The number of hydrogen-bond acceptors (Lipinski definition) is 4. The summed E-state index contributed by atoms with van der Waals surface area (Å²) in [5.74, 6) is -0.126. The van der Waals surface area contributed by atoms with Crippen LogP contribution in [0.25, 0.3) is 16.6 Å². The van der Waals surface area contributed by atoms with E-state index in [-0.39, 0.29) is 17.2 Å². The van der Waals surface area contributed by atoms with Crippen LogP contribution in [-0.2, 0) is 11.2 Å². The van der Waals surface area contributed by atoms with E-state index in [1.165, 1.54) is 4.57 Å². The third-order valence-electron chi connectivity index (χ3n) is 4.97. The van der Waals surface area contributed by atoms with Crippen LogP contribution in [0.3, 0.4) is 0 Å². The van der Waals surface area contributed by atoms with Gasteiger partial charge in [-0.2, -0.15) is 0 Å². The Morgan fingerprint density at radius 3 is 2.50 bits per heavy atom. The van der Waals surface area contributed by atoms with E-state index in [4.69, 9.17) is 46.4 Å². The Morgan fingerprint density at radius 1 is 0.941 bits per heavy atom. The molecule has 4 rings (SSSR count). The van der Waals surface area contributed by atoms with Crippen LogP contribution in [-0.4, -0.2) is 27.8 Å². The summed E-state index contributed by atoms with van der Waals surface area (Å²) in [6.07, 6.45) is 0.564. The number of aromatic nitrogens is 2. The second-order valence-electron chi connectivity index (χ2n) is 7.27. The molecule has 0 fully saturated rings. The molecule has 0 saturated heterocycles. The van der Waals surface area contributed by atoms with Gasteiger partial charge >= 0.3 is 0 Å². The van der Waals surface area contributed by atoms with E-state index < -0.39 is 0 Å². The number of carbonyl (C=O) groups excluding carboxylic acids is 1. The molecule has 1 amide bonds. The smallest absolute Gasteiger partial charge is 0.266 e. The van der Waals surface area contributed by atoms with Gasteiger partial charge in [-0.25, -0.2) is 4.98 Å². The van der Waals surface area contributed by atoms with Crippen LogP contribution in [0.2, 0.25) is 20.1 Å². The Hall–Kier alpha value is -2.22.